The molecule has 1 rings (SSSR count). The lowest BCUT2D eigenvalue weighted by Crippen LogP contribution is -2.42. The van der Waals surface area contributed by atoms with Gasteiger partial charge in [-0.15, -0.1) is 0 Å². The van der Waals surface area contributed by atoms with Gasteiger partial charge >= 0.3 is 0 Å². The smallest absolute Gasteiger partial charge is 0.242 e. The van der Waals surface area contributed by atoms with Crippen molar-refractivity contribution in [3.05, 3.63) is 0 Å². The van der Waals surface area contributed by atoms with Crippen LogP contribution in [0.5, 0.6) is 0 Å². The van der Waals surface area contributed by atoms with E-state index < -0.39 is 0 Å². The zero-order chi connectivity index (χ0) is 9.68. The largest absolute Gasteiger partial charge is 0.383 e. The monoisotopic (exact) mass is 186 g/mol. The quantitative estimate of drug-likeness (QED) is 0.555. The maximum atomic E-state index is 11.3. The fourth-order valence-corrected chi connectivity index (χ4v) is 1.21. The summed E-state index contributed by atoms with van der Waals surface area (Å²) < 4.78 is 4.77. The lowest BCUT2D eigenvalue weighted by Gasteiger charge is -2.09. The van der Waals surface area contributed by atoms with Gasteiger partial charge in [-0.1, -0.05) is 0 Å². The van der Waals surface area contributed by atoms with Crippen molar-refractivity contribution in [2.45, 2.75) is 18.9 Å². The van der Waals surface area contributed by atoms with Crippen molar-refractivity contribution in [3.8, 4) is 0 Å². The Morgan fingerprint density at radius 3 is 3.08 bits per heavy atom. The number of carbonyl (C=O) groups is 2. The Kier molecular flexibility index (Phi) is 3.70. The van der Waals surface area contributed by atoms with Crippen molar-refractivity contribution in [1.82, 2.24) is 10.6 Å². The number of methoxy groups -OCH3 is 1. The van der Waals surface area contributed by atoms with Gasteiger partial charge in [0, 0.05) is 20.1 Å². The van der Waals surface area contributed by atoms with Crippen LogP contribution in [-0.4, -0.2) is 38.1 Å². The zero-order valence-corrected chi connectivity index (χ0v) is 7.63. The number of ether oxygens (including phenoxy) is 1. The molecule has 1 aliphatic rings. The molecule has 1 atom stereocenters. The Balaban J connectivity index is 2.20. The molecule has 2 amide bonds. The first-order valence-electron chi connectivity index (χ1n) is 4.30. The van der Waals surface area contributed by atoms with Gasteiger partial charge in [0.1, 0.15) is 6.04 Å². The molecule has 74 valence electrons. The third kappa shape index (κ3) is 3.02. The fraction of sp³-hybridized carbons (Fsp3) is 0.750. The van der Waals surface area contributed by atoms with Gasteiger partial charge in [0.25, 0.3) is 0 Å². The van der Waals surface area contributed by atoms with Gasteiger partial charge in [-0.2, -0.15) is 0 Å². The van der Waals surface area contributed by atoms with Crippen molar-refractivity contribution >= 4 is 11.8 Å². The molecule has 1 heterocycles. The molecule has 13 heavy (non-hydrogen) atoms. The highest BCUT2D eigenvalue weighted by molar-refractivity contribution is 5.90. The van der Waals surface area contributed by atoms with Crippen molar-refractivity contribution in [2.24, 2.45) is 0 Å². The summed E-state index contributed by atoms with van der Waals surface area (Å²) in [6, 6.07) is -0.343. The molecule has 1 aliphatic heterocycles. The maximum absolute atomic E-state index is 11.3. The van der Waals surface area contributed by atoms with Crippen LogP contribution in [0.3, 0.4) is 0 Å². The van der Waals surface area contributed by atoms with Crippen LogP contribution in [-0.2, 0) is 14.3 Å². The van der Waals surface area contributed by atoms with E-state index in [1.54, 1.807) is 7.11 Å². The molecule has 0 aliphatic carbocycles. The topological polar surface area (TPSA) is 67.4 Å². The van der Waals surface area contributed by atoms with Gasteiger partial charge in [-0.3, -0.25) is 9.59 Å². The number of carbonyl (C=O) groups excluding carboxylic acids is 2. The molecule has 1 saturated heterocycles. The number of rotatable bonds is 4. The third-order valence-electron chi connectivity index (χ3n) is 1.92. The lowest BCUT2D eigenvalue weighted by atomic mass is 10.2. The molecule has 0 aromatic heterocycles. The number of hydrogen-bond acceptors (Lipinski definition) is 3. The summed E-state index contributed by atoms with van der Waals surface area (Å²) in [6.45, 7) is 0.980. The predicted molar refractivity (Wildman–Crippen MR) is 46.1 cm³/mol. The normalized spacial score (nSPS) is 21.3. The van der Waals surface area contributed by atoms with E-state index in [2.05, 4.69) is 10.6 Å². The molecule has 0 spiro atoms. The van der Waals surface area contributed by atoms with Crippen LogP contribution >= 0.6 is 0 Å². The Labute approximate surface area is 76.8 Å². The third-order valence-corrected chi connectivity index (χ3v) is 1.92. The van der Waals surface area contributed by atoms with E-state index in [-0.39, 0.29) is 17.9 Å². The summed E-state index contributed by atoms with van der Waals surface area (Å²) in [7, 11) is 1.57. The SMILES string of the molecule is COCCNC(=O)[C@@H]1CCC(=O)N1. The minimum Gasteiger partial charge on any atom is -0.383 e. The highest BCUT2D eigenvalue weighted by Crippen LogP contribution is 2.05. The summed E-state index contributed by atoms with van der Waals surface area (Å²) in [5, 5.41) is 5.26. The average Bonchev–Trinajstić information content (AvgIpc) is 2.52. The van der Waals surface area contributed by atoms with Crippen LogP contribution in [0.15, 0.2) is 0 Å². The minimum atomic E-state index is -0.343. The van der Waals surface area contributed by atoms with Crippen molar-refractivity contribution in [3.63, 3.8) is 0 Å². The van der Waals surface area contributed by atoms with Gasteiger partial charge in [-0.25, -0.2) is 0 Å². The first kappa shape index (κ1) is 9.98. The summed E-state index contributed by atoms with van der Waals surface area (Å²) in [5.41, 5.74) is 0. The van der Waals surface area contributed by atoms with E-state index in [0.29, 0.717) is 26.0 Å². The Bertz CT molecular complexity index is 206. The molecule has 0 unspecified atom stereocenters. The molecule has 0 radical (unpaired) electrons. The standard InChI is InChI=1S/C8H14N2O3/c1-13-5-4-9-8(12)6-2-3-7(11)10-6/h6H,2-5H2,1H3,(H,9,12)(H,10,11)/t6-/m0/s1. The maximum Gasteiger partial charge on any atom is 0.242 e. The van der Waals surface area contributed by atoms with Crippen molar-refractivity contribution in [1.29, 1.82) is 0 Å². The number of nitrogens with one attached hydrogen (secondary N) is 2. The number of amides is 2. The summed E-state index contributed by atoms with van der Waals surface area (Å²) in [5.74, 6) is -0.171. The van der Waals surface area contributed by atoms with Gasteiger partial charge in [0.05, 0.1) is 6.61 Å². The Morgan fingerprint density at radius 2 is 2.54 bits per heavy atom. The molecule has 0 aromatic carbocycles. The summed E-state index contributed by atoms with van der Waals surface area (Å²) in [4.78, 5) is 22.1. The van der Waals surface area contributed by atoms with Gasteiger partial charge < -0.3 is 15.4 Å². The van der Waals surface area contributed by atoms with Gasteiger partial charge in [-0.05, 0) is 6.42 Å². The van der Waals surface area contributed by atoms with Gasteiger partial charge in [0.15, 0.2) is 0 Å². The molecular weight excluding hydrogens is 172 g/mol. The van der Waals surface area contributed by atoms with Crippen molar-refractivity contribution < 1.29 is 14.3 Å². The molecular formula is C8H14N2O3. The van der Waals surface area contributed by atoms with Crippen LogP contribution in [0, 0.1) is 0 Å². The lowest BCUT2D eigenvalue weighted by molar-refractivity contribution is -0.125. The Hall–Kier alpha value is -1.10. The molecule has 0 saturated carbocycles. The Morgan fingerprint density at radius 1 is 1.77 bits per heavy atom. The molecule has 1 fully saturated rings. The van der Waals surface area contributed by atoms with Crippen LogP contribution in [0.4, 0.5) is 0 Å². The average molecular weight is 186 g/mol. The molecule has 2 N–H and O–H groups in total. The second-order valence-electron chi connectivity index (χ2n) is 2.94. The van der Waals surface area contributed by atoms with Crippen LogP contribution in [0.1, 0.15) is 12.8 Å². The molecule has 0 aromatic rings. The summed E-state index contributed by atoms with van der Waals surface area (Å²) in [6.07, 6.45) is 1.04. The minimum absolute atomic E-state index is 0.0492. The highest BCUT2D eigenvalue weighted by atomic mass is 16.5. The zero-order valence-electron chi connectivity index (χ0n) is 7.63. The molecule has 5 nitrogen and oxygen atoms in total. The van der Waals surface area contributed by atoms with Gasteiger partial charge in [0.2, 0.25) is 11.8 Å². The van der Waals surface area contributed by atoms with E-state index >= 15 is 0 Å². The predicted octanol–water partition coefficient (Wildman–Crippen LogP) is -0.972. The first-order valence-corrected chi connectivity index (χ1v) is 4.30. The van der Waals surface area contributed by atoms with Crippen LogP contribution in [0.2, 0.25) is 0 Å². The fourth-order valence-electron chi connectivity index (χ4n) is 1.21. The highest BCUT2D eigenvalue weighted by Gasteiger charge is 2.26. The van der Waals surface area contributed by atoms with E-state index in [4.69, 9.17) is 4.74 Å². The molecule has 0 bridgehead atoms. The van der Waals surface area contributed by atoms with Crippen LogP contribution < -0.4 is 10.6 Å². The second kappa shape index (κ2) is 4.81. The van der Waals surface area contributed by atoms with Crippen LogP contribution in [0.25, 0.3) is 0 Å². The first-order chi connectivity index (χ1) is 6.24. The summed E-state index contributed by atoms with van der Waals surface area (Å²) >= 11 is 0. The second-order valence-corrected chi connectivity index (χ2v) is 2.94. The van der Waals surface area contributed by atoms with Crippen molar-refractivity contribution in [2.75, 3.05) is 20.3 Å². The van der Waals surface area contributed by atoms with E-state index in [9.17, 15) is 9.59 Å². The number of hydrogen-bond donors (Lipinski definition) is 2. The van der Waals surface area contributed by atoms with E-state index in [1.165, 1.54) is 0 Å². The van der Waals surface area contributed by atoms with E-state index in [0.717, 1.165) is 0 Å². The van der Waals surface area contributed by atoms with E-state index in [1.807, 2.05) is 0 Å². The molecule has 5 heteroatoms.